The Bertz CT molecular complexity index is 697. The lowest BCUT2D eigenvalue weighted by Crippen LogP contribution is -2.11. The Balaban J connectivity index is 2.12. The molecule has 0 fully saturated rings. The van der Waals surface area contributed by atoms with Gasteiger partial charge >= 0.3 is 11.7 Å². The molecule has 9 nitrogen and oxygen atoms in total. The highest BCUT2D eigenvalue weighted by atomic mass is 16.6. The lowest BCUT2D eigenvalue weighted by Gasteiger charge is -2.06. The van der Waals surface area contributed by atoms with E-state index in [1.54, 1.807) is 13.1 Å². The number of anilines is 1. The van der Waals surface area contributed by atoms with Crippen LogP contribution < -0.4 is 5.32 Å². The van der Waals surface area contributed by atoms with Crippen LogP contribution in [0.4, 0.5) is 11.5 Å². The number of hydrogen-bond donors (Lipinski definition) is 1. The number of methoxy groups -OCH3 is 1. The first-order chi connectivity index (χ1) is 10.5. The number of aryl methyl sites for hydroxylation is 1. The number of pyridine rings is 1. The summed E-state index contributed by atoms with van der Waals surface area (Å²) in [5, 5.41) is 13.8. The number of rotatable bonds is 6. The van der Waals surface area contributed by atoms with E-state index in [4.69, 9.17) is 4.42 Å². The van der Waals surface area contributed by atoms with Gasteiger partial charge in [0, 0.05) is 26.0 Å². The normalized spacial score (nSPS) is 10.3. The molecule has 0 aliphatic heterocycles. The monoisotopic (exact) mass is 306 g/mol. The number of hydrogen-bond acceptors (Lipinski definition) is 8. The fourth-order valence-corrected chi connectivity index (χ4v) is 1.77. The Hall–Kier alpha value is -2.97. The predicted molar refractivity (Wildman–Crippen MR) is 75.7 cm³/mol. The molecule has 22 heavy (non-hydrogen) atoms. The lowest BCUT2D eigenvalue weighted by atomic mass is 10.3. The summed E-state index contributed by atoms with van der Waals surface area (Å²) in [7, 11) is 1.21. The van der Waals surface area contributed by atoms with Crippen molar-refractivity contribution >= 4 is 17.5 Å². The number of nitrogens with one attached hydrogen (secondary N) is 1. The molecule has 0 spiro atoms. The fraction of sp³-hybridized carbons (Fsp3) is 0.308. The van der Waals surface area contributed by atoms with E-state index in [0.29, 0.717) is 24.6 Å². The second-order valence-electron chi connectivity index (χ2n) is 4.34. The summed E-state index contributed by atoms with van der Waals surface area (Å²) in [6.07, 6.45) is 2.06. The standard InChI is InChI=1S/C13H14N4O5/c1-8-15-7-9(22-8)5-6-14-12-11(17(19)20)4-3-10(16-12)13(18)21-2/h3-4,7H,5-6H2,1-2H3,(H,14,16). The summed E-state index contributed by atoms with van der Waals surface area (Å²) in [6.45, 7) is 2.07. The third-order valence-electron chi connectivity index (χ3n) is 2.80. The molecular weight excluding hydrogens is 292 g/mol. The van der Waals surface area contributed by atoms with Gasteiger partial charge in [-0.1, -0.05) is 0 Å². The molecular formula is C13H14N4O5. The molecule has 116 valence electrons. The van der Waals surface area contributed by atoms with Crippen LogP contribution in [-0.2, 0) is 11.2 Å². The van der Waals surface area contributed by atoms with Crippen LogP contribution in [0, 0.1) is 17.0 Å². The Kier molecular flexibility index (Phi) is 4.66. The number of carbonyl (C=O) groups excluding carboxylic acids is 1. The highest BCUT2D eigenvalue weighted by molar-refractivity contribution is 5.88. The molecule has 2 aromatic heterocycles. The zero-order valence-corrected chi connectivity index (χ0v) is 12.0. The molecule has 0 amide bonds. The van der Waals surface area contributed by atoms with Crippen molar-refractivity contribution in [2.75, 3.05) is 19.0 Å². The number of aromatic nitrogens is 2. The van der Waals surface area contributed by atoms with E-state index < -0.39 is 10.9 Å². The first-order valence-electron chi connectivity index (χ1n) is 6.40. The summed E-state index contributed by atoms with van der Waals surface area (Å²) < 4.78 is 9.84. The van der Waals surface area contributed by atoms with E-state index in [2.05, 4.69) is 20.0 Å². The van der Waals surface area contributed by atoms with Crippen molar-refractivity contribution in [3.05, 3.63) is 45.8 Å². The molecule has 2 aromatic rings. The van der Waals surface area contributed by atoms with Crippen molar-refractivity contribution in [2.24, 2.45) is 0 Å². The molecule has 0 saturated heterocycles. The van der Waals surface area contributed by atoms with E-state index in [1.165, 1.54) is 19.2 Å². The van der Waals surface area contributed by atoms with Gasteiger partial charge in [0.2, 0.25) is 5.82 Å². The fourth-order valence-electron chi connectivity index (χ4n) is 1.77. The van der Waals surface area contributed by atoms with Gasteiger partial charge in [-0.3, -0.25) is 10.1 Å². The van der Waals surface area contributed by atoms with Crippen molar-refractivity contribution in [3.63, 3.8) is 0 Å². The quantitative estimate of drug-likeness (QED) is 0.486. The molecule has 0 aliphatic carbocycles. The molecule has 0 radical (unpaired) electrons. The van der Waals surface area contributed by atoms with Gasteiger partial charge in [-0.2, -0.15) is 0 Å². The number of nitro groups is 1. The van der Waals surface area contributed by atoms with Crippen molar-refractivity contribution in [1.82, 2.24) is 9.97 Å². The SMILES string of the molecule is COC(=O)c1ccc([N+](=O)[O-])c(NCCc2cnc(C)o2)n1. The van der Waals surface area contributed by atoms with E-state index in [0.717, 1.165) is 0 Å². The first-order valence-corrected chi connectivity index (χ1v) is 6.40. The average molecular weight is 306 g/mol. The van der Waals surface area contributed by atoms with Gasteiger partial charge in [0.05, 0.1) is 18.2 Å². The Morgan fingerprint density at radius 2 is 2.27 bits per heavy atom. The molecule has 2 heterocycles. The minimum absolute atomic E-state index is 0.00383. The molecule has 0 unspecified atom stereocenters. The minimum Gasteiger partial charge on any atom is -0.464 e. The third kappa shape index (κ3) is 3.57. The molecule has 0 aromatic carbocycles. The number of nitrogens with zero attached hydrogens (tertiary/aromatic N) is 3. The predicted octanol–water partition coefficient (Wildman–Crippen LogP) is 1.73. The maximum atomic E-state index is 11.4. The van der Waals surface area contributed by atoms with Crippen LogP contribution in [0.25, 0.3) is 0 Å². The van der Waals surface area contributed by atoms with Gasteiger partial charge in [-0.25, -0.2) is 14.8 Å². The first kappa shape index (κ1) is 15.4. The molecule has 2 rings (SSSR count). The lowest BCUT2D eigenvalue weighted by molar-refractivity contribution is -0.384. The molecule has 1 N–H and O–H groups in total. The van der Waals surface area contributed by atoms with Gasteiger partial charge in [0.25, 0.3) is 0 Å². The smallest absolute Gasteiger partial charge is 0.356 e. The molecule has 0 bridgehead atoms. The molecule has 0 aliphatic rings. The second-order valence-corrected chi connectivity index (χ2v) is 4.34. The number of esters is 1. The van der Waals surface area contributed by atoms with Crippen molar-refractivity contribution in [3.8, 4) is 0 Å². The minimum atomic E-state index is -0.663. The van der Waals surface area contributed by atoms with Gasteiger partial charge in [0.15, 0.2) is 11.6 Å². The zero-order valence-electron chi connectivity index (χ0n) is 12.0. The largest absolute Gasteiger partial charge is 0.464 e. The maximum absolute atomic E-state index is 11.4. The number of carbonyl (C=O) groups is 1. The van der Waals surface area contributed by atoms with Gasteiger partial charge < -0.3 is 14.5 Å². The van der Waals surface area contributed by atoms with Gasteiger partial charge in [0.1, 0.15) is 5.76 Å². The zero-order chi connectivity index (χ0) is 16.1. The highest BCUT2D eigenvalue weighted by Gasteiger charge is 2.18. The van der Waals surface area contributed by atoms with Crippen LogP contribution in [0.15, 0.2) is 22.7 Å². The van der Waals surface area contributed by atoms with E-state index in [-0.39, 0.29) is 17.2 Å². The van der Waals surface area contributed by atoms with Crippen LogP contribution in [0.2, 0.25) is 0 Å². The van der Waals surface area contributed by atoms with Crippen LogP contribution in [0.5, 0.6) is 0 Å². The summed E-state index contributed by atoms with van der Waals surface area (Å²) in [6, 6.07) is 2.45. The Morgan fingerprint density at radius 1 is 1.50 bits per heavy atom. The van der Waals surface area contributed by atoms with Crippen molar-refractivity contribution in [1.29, 1.82) is 0 Å². The van der Waals surface area contributed by atoms with Crippen LogP contribution in [0.3, 0.4) is 0 Å². The number of ether oxygens (including phenoxy) is 1. The topological polar surface area (TPSA) is 120 Å². The van der Waals surface area contributed by atoms with Gasteiger partial charge in [-0.15, -0.1) is 0 Å². The summed E-state index contributed by atoms with van der Waals surface area (Å²) in [5.41, 5.74) is -0.229. The Labute approximate surface area is 125 Å². The molecule has 0 atom stereocenters. The van der Waals surface area contributed by atoms with Crippen LogP contribution in [-0.4, -0.2) is 34.5 Å². The van der Waals surface area contributed by atoms with Crippen molar-refractivity contribution in [2.45, 2.75) is 13.3 Å². The van der Waals surface area contributed by atoms with E-state index in [9.17, 15) is 14.9 Å². The average Bonchev–Trinajstić information content (AvgIpc) is 2.91. The molecule has 0 saturated carbocycles. The highest BCUT2D eigenvalue weighted by Crippen LogP contribution is 2.22. The van der Waals surface area contributed by atoms with Crippen molar-refractivity contribution < 1.29 is 18.9 Å². The second kappa shape index (κ2) is 6.66. The molecule has 9 heteroatoms. The van der Waals surface area contributed by atoms with E-state index in [1.807, 2.05) is 0 Å². The Morgan fingerprint density at radius 3 is 2.86 bits per heavy atom. The van der Waals surface area contributed by atoms with Crippen LogP contribution >= 0.6 is 0 Å². The third-order valence-corrected chi connectivity index (χ3v) is 2.80. The van der Waals surface area contributed by atoms with E-state index >= 15 is 0 Å². The van der Waals surface area contributed by atoms with Gasteiger partial charge in [-0.05, 0) is 6.07 Å². The summed E-state index contributed by atoms with van der Waals surface area (Å²) in [4.78, 5) is 29.7. The number of oxazole rings is 1. The van der Waals surface area contributed by atoms with Crippen LogP contribution in [0.1, 0.15) is 22.1 Å². The summed E-state index contributed by atoms with van der Waals surface area (Å²) in [5.74, 6) is 0.538. The maximum Gasteiger partial charge on any atom is 0.356 e. The summed E-state index contributed by atoms with van der Waals surface area (Å²) >= 11 is 0.